The minimum atomic E-state index is -0.207. The van der Waals surface area contributed by atoms with Crippen LogP contribution in [0.2, 0.25) is 0 Å². The monoisotopic (exact) mass is 416 g/mol. The molecule has 0 fully saturated rings. The highest BCUT2D eigenvalue weighted by Crippen LogP contribution is 2.27. The summed E-state index contributed by atoms with van der Waals surface area (Å²) in [7, 11) is 1.64. The van der Waals surface area contributed by atoms with Crippen LogP contribution in [-0.4, -0.2) is 24.5 Å². The molecule has 0 radical (unpaired) electrons. The van der Waals surface area contributed by atoms with Gasteiger partial charge in [0.15, 0.2) is 0 Å². The van der Waals surface area contributed by atoms with Crippen LogP contribution < -0.4 is 10.1 Å². The van der Waals surface area contributed by atoms with Gasteiger partial charge >= 0.3 is 0 Å². The fraction of sp³-hybridized carbons (Fsp3) is 0.238. The predicted molar refractivity (Wildman–Crippen MR) is 111 cm³/mol. The van der Waals surface area contributed by atoms with Crippen molar-refractivity contribution in [2.45, 2.75) is 22.9 Å². The molecule has 1 aromatic heterocycles. The van der Waals surface area contributed by atoms with Crippen LogP contribution in [0.1, 0.15) is 16.8 Å². The van der Waals surface area contributed by atoms with Gasteiger partial charge < -0.3 is 10.1 Å². The minimum absolute atomic E-state index is 0.0640. The van der Waals surface area contributed by atoms with Gasteiger partial charge in [0.1, 0.15) is 15.9 Å². The summed E-state index contributed by atoms with van der Waals surface area (Å²) in [4.78, 5) is 16.6. The first-order chi connectivity index (χ1) is 13.7. The second-order valence-corrected chi connectivity index (χ2v) is 8.15. The van der Waals surface area contributed by atoms with E-state index in [-0.39, 0.29) is 18.1 Å². The summed E-state index contributed by atoms with van der Waals surface area (Å²) in [6.45, 7) is 0.540. The number of carbonyl (C=O) groups is 1. The average molecular weight is 417 g/mol. The molecule has 0 saturated carbocycles. The molecule has 0 spiro atoms. The number of ether oxygens (including phenoxy) is 1. The second-order valence-electron chi connectivity index (χ2n) is 6.07. The average Bonchev–Trinajstić information content (AvgIpc) is 3.15. The van der Waals surface area contributed by atoms with Gasteiger partial charge in [-0.05, 0) is 29.7 Å². The Morgan fingerprint density at radius 2 is 1.93 bits per heavy atom. The largest absolute Gasteiger partial charge is 0.496 e. The van der Waals surface area contributed by atoms with E-state index in [9.17, 15) is 9.18 Å². The molecule has 1 heterocycles. The highest BCUT2D eigenvalue weighted by molar-refractivity contribution is 8.00. The fourth-order valence-corrected chi connectivity index (χ4v) is 4.49. The third kappa shape index (κ3) is 5.81. The molecule has 28 heavy (non-hydrogen) atoms. The number of benzene rings is 2. The zero-order chi connectivity index (χ0) is 19.8. The number of thioether (sulfide) groups is 1. The van der Waals surface area contributed by atoms with Gasteiger partial charge in [0.25, 0.3) is 0 Å². The molecule has 146 valence electrons. The standard InChI is InChI=1S/C21H21FN2O2S2/c1-26-19-9-5-3-6-15(19)10-11-23-20(25)12-17-14-28-21(24-17)27-13-16-7-2-4-8-18(16)22/h2-9,14H,10-13H2,1H3,(H,23,25). The Balaban J connectivity index is 1.44. The van der Waals surface area contributed by atoms with E-state index in [0.717, 1.165) is 21.3 Å². The van der Waals surface area contributed by atoms with Gasteiger partial charge in [-0.15, -0.1) is 11.3 Å². The Labute approximate surface area is 172 Å². The maximum absolute atomic E-state index is 13.7. The van der Waals surface area contributed by atoms with Crippen LogP contribution in [0.5, 0.6) is 5.75 Å². The lowest BCUT2D eigenvalue weighted by Gasteiger charge is -2.08. The summed E-state index contributed by atoms with van der Waals surface area (Å²) in [6.07, 6.45) is 0.944. The number of methoxy groups -OCH3 is 1. The normalized spacial score (nSPS) is 10.6. The third-order valence-corrected chi connectivity index (χ3v) is 6.21. The maximum Gasteiger partial charge on any atom is 0.226 e. The summed E-state index contributed by atoms with van der Waals surface area (Å²) in [5, 5.41) is 4.80. The van der Waals surface area contributed by atoms with E-state index in [1.165, 1.54) is 29.2 Å². The lowest BCUT2D eigenvalue weighted by molar-refractivity contribution is -0.120. The SMILES string of the molecule is COc1ccccc1CCNC(=O)Cc1csc(SCc2ccccc2F)n1. The molecule has 0 saturated heterocycles. The Morgan fingerprint density at radius 3 is 2.71 bits per heavy atom. The second kappa shape index (κ2) is 10.2. The topological polar surface area (TPSA) is 51.2 Å². The minimum Gasteiger partial charge on any atom is -0.496 e. The van der Waals surface area contributed by atoms with Gasteiger partial charge in [0, 0.05) is 17.7 Å². The number of aromatic nitrogens is 1. The number of carbonyl (C=O) groups excluding carboxylic acids is 1. The molecule has 2 aromatic carbocycles. The fourth-order valence-electron chi connectivity index (χ4n) is 2.66. The first-order valence-electron chi connectivity index (χ1n) is 8.85. The van der Waals surface area contributed by atoms with E-state index in [2.05, 4.69) is 10.3 Å². The molecule has 0 aliphatic heterocycles. The van der Waals surface area contributed by atoms with Crippen molar-refractivity contribution >= 4 is 29.0 Å². The van der Waals surface area contributed by atoms with Crippen LogP contribution in [0.15, 0.2) is 58.3 Å². The van der Waals surface area contributed by atoms with Crippen LogP contribution in [0.25, 0.3) is 0 Å². The number of thiazole rings is 1. The van der Waals surface area contributed by atoms with E-state index >= 15 is 0 Å². The summed E-state index contributed by atoms with van der Waals surface area (Å²) in [6, 6.07) is 14.5. The molecule has 0 aliphatic rings. The zero-order valence-electron chi connectivity index (χ0n) is 15.5. The highest BCUT2D eigenvalue weighted by Gasteiger charge is 2.10. The molecule has 3 rings (SSSR count). The number of amides is 1. The lowest BCUT2D eigenvalue weighted by Crippen LogP contribution is -2.27. The molecule has 4 nitrogen and oxygen atoms in total. The highest BCUT2D eigenvalue weighted by atomic mass is 32.2. The summed E-state index contributed by atoms with van der Waals surface area (Å²) in [5.41, 5.74) is 2.44. The summed E-state index contributed by atoms with van der Waals surface area (Å²) < 4.78 is 19.8. The van der Waals surface area contributed by atoms with Crippen molar-refractivity contribution in [3.8, 4) is 5.75 Å². The van der Waals surface area contributed by atoms with Crippen LogP contribution >= 0.6 is 23.1 Å². The quantitative estimate of drug-likeness (QED) is 0.523. The molecule has 0 aliphatic carbocycles. The van der Waals surface area contributed by atoms with Gasteiger partial charge in [-0.2, -0.15) is 0 Å². The molecule has 1 N–H and O–H groups in total. The Kier molecular flexibility index (Phi) is 7.45. The van der Waals surface area contributed by atoms with Crippen LogP contribution in [0.4, 0.5) is 4.39 Å². The van der Waals surface area contributed by atoms with Gasteiger partial charge in [0.2, 0.25) is 5.91 Å². The molecule has 0 unspecified atom stereocenters. The van der Waals surface area contributed by atoms with Gasteiger partial charge in [-0.1, -0.05) is 48.2 Å². The van der Waals surface area contributed by atoms with Gasteiger partial charge in [-0.25, -0.2) is 9.37 Å². The molecule has 7 heteroatoms. The van der Waals surface area contributed by atoms with Crippen LogP contribution in [0.3, 0.4) is 0 Å². The smallest absolute Gasteiger partial charge is 0.226 e. The molecule has 0 bridgehead atoms. The van der Waals surface area contributed by atoms with E-state index in [1.807, 2.05) is 35.7 Å². The maximum atomic E-state index is 13.7. The van der Waals surface area contributed by atoms with Crippen LogP contribution in [-0.2, 0) is 23.4 Å². The molecular weight excluding hydrogens is 395 g/mol. The van der Waals surface area contributed by atoms with E-state index in [4.69, 9.17) is 4.74 Å². The first kappa shape index (κ1) is 20.4. The summed E-state index contributed by atoms with van der Waals surface area (Å²) in [5.74, 6) is 1.07. The predicted octanol–water partition coefficient (Wildman–Crippen LogP) is 4.48. The van der Waals surface area contributed by atoms with E-state index < -0.39 is 0 Å². The number of nitrogens with zero attached hydrogens (tertiary/aromatic N) is 1. The Hall–Kier alpha value is -2.38. The van der Waals surface area contributed by atoms with Crippen molar-refractivity contribution < 1.29 is 13.9 Å². The van der Waals surface area contributed by atoms with E-state index in [0.29, 0.717) is 24.3 Å². The van der Waals surface area contributed by atoms with Crippen molar-refractivity contribution in [2.24, 2.45) is 0 Å². The summed E-state index contributed by atoms with van der Waals surface area (Å²) >= 11 is 2.95. The number of hydrogen-bond donors (Lipinski definition) is 1. The number of para-hydroxylation sites is 1. The van der Waals surface area contributed by atoms with Crippen molar-refractivity contribution in [2.75, 3.05) is 13.7 Å². The van der Waals surface area contributed by atoms with Gasteiger partial charge in [-0.3, -0.25) is 4.79 Å². The first-order valence-corrected chi connectivity index (χ1v) is 10.7. The van der Waals surface area contributed by atoms with Crippen molar-refractivity contribution in [3.05, 3.63) is 76.5 Å². The van der Waals surface area contributed by atoms with Crippen molar-refractivity contribution in [1.82, 2.24) is 10.3 Å². The van der Waals surface area contributed by atoms with Gasteiger partial charge in [0.05, 0.1) is 19.2 Å². The Bertz CT molecular complexity index is 930. The number of nitrogens with one attached hydrogen (secondary N) is 1. The lowest BCUT2D eigenvalue weighted by atomic mass is 10.1. The molecule has 0 atom stereocenters. The van der Waals surface area contributed by atoms with Crippen molar-refractivity contribution in [3.63, 3.8) is 0 Å². The van der Waals surface area contributed by atoms with Crippen LogP contribution in [0, 0.1) is 5.82 Å². The number of rotatable bonds is 9. The van der Waals surface area contributed by atoms with Crippen molar-refractivity contribution in [1.29, 1.82) is 0 Å². The molecule has 3 aromatic rings. The number of halogens is 1. The number of hydrogen-bond acceptors (Lipinski definition) is 5. The molecule has 1 amide bonds. The zero-order valence-corrected chi connectivity index (χ0v) is 17.1. The third-order valence-electron chi connectivity index (χ3n) is 4.09. The van der Waals surface area contributed by atoms with E-state index in [1.54, 1.807) is 19.2 Å². The molecular formula is C21H21FN2O2S2. The Morgan fingerprint density at radius 1 is 1.18 bits per heavy atom.